The second kappa shape index (κ2) is 2.79. The molecular weight excluding hydrogens is 220 g/mol. The van der Waals surface area contributed by atoms with Gasteiger partial charge in [0.1, 0.15) is 0 Å². The third-order valence-electron chi connectivity index (χ3n) is 1.67. The number of alkyl halides is 1. The van der Waals surface area contributed by atoms with Gasteiger partial charge in [-0.15, -0.1) is 5.11 Å². The average molecular weight is 225 g/mol. The minimum Gasteiger partial charge on any atom is -0.265 e. The molecule has 0 aromatic rings. The number of azo groups is 1. The van der Waals surface area contributed by atoms with Gasteiger partial charge in [-0.1, -0.05) is 34.2 Å². The summed E-state index contributed by atoms with van der Waals surface area (Å²) in [5, 5.41) is 7.01. The van der Waals surface area contributed by atoms with Crippen molar-refractivity contribution in [3.8, 4) is 0 Å². The fourth-order valence-electron chi connectivity index (χ4n) is 1.10. The van der Waals surface area contributed by atoms with E-state index in [-0.39, 0.29) is 10.7 Å². The summed E-state index contributed by atoms with van der Waals surface area (Å²) >= 11 is 3.36. The second-order valence-corrected chi connectivity index (χ2v) is 3.55. The first-order chi connectivity index (χ1) is 5.77. The van der Waals surface area contributed by atoms with Crippen LogP contribution in [0.1, 0.15) is 0 Å². The summed E-state index contributed by atoms with van der Waals surface area (Å²) < 4.78 is 0. The minimum atomic E-state index is -0.263. The van der Waals surface area contributed by atoms with Crippen LogP contribution in [-0.2, 0) is 4.79 Å². The van der Waals surface area contributed by atoms with Gasteiger partial charge in [-0.2, -0.15) is 5.11 Å². The Labute approximate surface area is 77.7 Å². The Morgan fingerprint density at radius 3 is 3.17 bits per heavy atom. The largest absolute Gasteiger partial charge is 0.295 e. The Morgan fingerprint density at radius 2 is 2.33 bits per heavy atom. The molecule has 60 valence electrons. The highest BCUT2D eigenvalue weighted by Gasteiger charge is 2.19. The molecule has 1 unspecified atom stereocenters. The van der Waals surface area contributed by atoms with Gasteiger partial charge in [0.25, 0.3) is 5.91 Å². The Morgan fingerprint density at radius 1 is 1.50 bits per heavy atom. The third kappa shape index (κ3) is 1.18. The zero-order chi connectivity index (χ0) is 8.55. The van der Waals surface area contributed by atoms with Crippen LogP contribution in [0.25, 0.3) is 0 Å². The second-order valence-electron chi connectivity index (χ2n) is 2.49. The van der Waals surface area contributed by atoms with Gasteiger partial charge in [-0.05, 0) is 0 Å². The highest BCUT2D eigenvalue weighted by Crippen LogP contribution is 2.25. The molecule has 2 rings (SSSR count). The summed E-state index contributed by atoms with van der Waals surface area (Å²) in [5.41, 5.74) is 1.47. The maximum absolute atomic E-state index is 11.1. The van der Waals surface area contributed by atoms with Crippen LogP contribution >= 0.6 is 15.9 Å². The molecule has 1 aliphatic carbocycles. The van der Waals surface area contributed by atoms with E-state index < -0.39 is 0 Å². The molecule has 0 aromatic heterocycles. The van der Waals surface area contributed by atoms with Crippen molar-refractivity contribution in [2.75, 3.05) is 0 Å². The fourth-order valence-corrected chi connectivity index (χ4v) is 1.52. The average Bonchev–Trinajstić information content (AvgIpc) is 2.07. The number of hydrogen-bond acceptors (Lipinski definition) is 2. The van der Waals surface area contributed by atoms with Crippen LogP contribution in [0.15, 0.2) is 45.8 Å². The summed E-state index contributed by atoms with van der Waals surface area (Å²) in [6.07, 6.45) is 7.23. The lowest BCUT2D eigenvalue weighted by atomic mass is 9.99. The number of amides is 1. The molecule has 1 aliphatic heterocycles. The molecule has 1 amide bonds. The quantitative estimate of drug-likeness (QED) is 0.582. The predicted octanol–water partition coefficient (Wildman–Crippen LogP) is 2.12. The van der Waals surface area contributed by atoms with Gasteiger partial charge in [-0.25, -0.2) is 0 Å². The summed E-state index contributed by atoms with van der Waals surface area (Å²) in [7, 11) is 0. The van der Waals surface area contributed by atoms with E-state index in [0.717, 1.165) is 5.57 Å². The lowest BCUT2D eigenvalue weighted by Gasteiger charge is -2.12. The van der Waals surface area contributed by atoms with Crippen molar-refractivity contribution in [3.63, 3.8) is 0 Å². The van der Waals surface area contributed by atoms with Crippen molar-refractivity contribution in [3.05, 3.63) is 35.6 Å². The molecule has 0 bridgehead atoms. The molecule has 0 aromatic carbocycles. The molecule has 0 N–H and O–H groups in total. The zero-order valence-corrected chi connectivity index (χ0v) is 7.65. The molecule has 3 nitrogen and oxygen atoms in total. The van der Waals surface area contributed by atoms with Crippen molar-refractivity contribution >= 4 is 21.8 Å². The molecule has 1 heterocycles. The van der Waals surface area contributed by atoms with Crippen LogP contribution in [0.5, 0.6) is 0 Å². The van der Waals surface area contributed by atoms with E-state index in [9.17, 15) is 4.79 Å². The Balaban J connectivity index is 2.46. The molecule has 0 saturated carbocycles. The van der Waals surface area contributed by atoms with E-state index in [1.165, 1.54) is 0 Å². The molecule has 0 fully saturated rings. The van der Waals surface area contributed by atoms with Crippen molar-refractivity contribution in [2.45, 2.75) is 4.83 Å². The van der Waals surface area contributed by atoms with Gasteiger partial charge in [0.05, 0.1) is 11.0 Å². The van der Waals surface area contributed by atoms with Gasteiger partial charge < -0.3 is 0 Å². The summed E-state index contributed by atoms with van der Waals surface area (Å²) in [4.78, 5) is 11.3. The van der Waals surface area contributed by atoms with E-state index in [4.69, 9.17) is 0 Å². The monoisotopic (exact) mass is 224 g/mol. The van der Waals surface area contributed by atoms with Crippen LogP contribution < -0.4 is 0 Å². The lowest BCUT2D eigenvalue weighted by Crippen LogP contribution is -2.09. The van der Waals surface area contributed by atoms with Crippen LogP contribution in [0.2, 0.25) is 0 Å². The molecule has 1 atom stereocenters. The van der Waals surface area contributed by atoms with Gasteiger partial charge >= 0.3 is 0 Å². The Bertz CT molecular complexity index is 352. The topological polar surface area (TPSA) is 41.8 Å². The van der Waals surface area contributed by atoms with Crippen molar-refractivity contribution < 1.29 is 4.79 Å². The summed E-state index contributed by atoms with van der Waals surface area (Å²) in [6.45, 7) is 0. The van der Waals surface area contributed by atoms with Crippen molar-refractivity contribution in [1.29, 1.82) is 0 Å². The van der Waals surface area contributed by atoms with Gasteiger partial charge in [0.2, 0.25) is 0 Å². The van der Waals surface area contributed by atoms with Crippen LogP contribution in [0.3, 0.4) is 0 Å². The maximum Gasteiger partial charge on any atom is 0.295 e. The normalized spacial score (nSPS) is 26.4. The summed E-state index contributed by atoms with van der Waals surface area (Å²) in [5.74, 6) is -0.263. The summed E-state index contributed by atoms with van der Waals surface area (Å²) in [6, 6.07) is 0. The molecule has 4 heteroatoms. The zero-order valence-electron chi connectivity index (χ0n) is 6.07. The first-order valence-corrected chi connectivity index (χ1v) is 4.39. The third-order valence-corrected chi connectivity index (χ3v) is 2.24. The Hall–Kier alpha value is -1.03. The van der Waals surface area contributed by atoms with E-state index in [0.29, 0.717) is 5.57 Å². The molecule has 12 heavy (non-hydrogen) atoms. The molecule has 2 aliphatic rings. The first kappa shape index (κ1) is 7.61. The van der Waals surface area contributed by atoms with E-state index in [1.807, 2.05) is 18.2 Å². The Kier molecular flexibility index (Phi) is 1.77. The molecule has 0 radical (unpaired) electrons. The number of hydrogen-bond donors (Lipinski definition) is 0. The maximum atomic E-state index is 11.1. The van der Waals surface area contributed by atoms with E-state index in [1.54, 1.807) is 6.20 Å². The van der Waals surface area contributed by atoms with E-state index in [2.05, 4.69) is 26.2 Å². The van der Waals surface area contributed by atoms with Crippen LogP contribution in [-0.4, -0.2) is 10.7 Å². The highest BCUT2D eigenvalue weighted by molar-refractivity contribution is 9.09. The number of carbonyl (C=O) groups excluding carboxylic acids is 1. The van der Waals surface area contributed by atoms with Crippen molar-refractivity contribution in [2.24, 2.45) is 10.2 Å². The standard InChI is InChI=1S/C8H5BrN2O/c9-6-2-1-5-4-10-11-8(12)7(5)3-6/h1-4,6H. The SMILES string of the molecule is O=C1N=NC=C2C=CC(Br)C=C12. The molecular formula is C8H5BrN2O. The van der Waals surface area contributed by atoms with E-state index >= 15 is 0 Å². The smallest absolute Gasteiger partial charge is 0.265 e. The number of fused-ring (bicyclic) bond motifs is 1. The minimum absolute atomic E-state index is 0.127. The lowest BCUT2D eigenvalue weighted by molar-refractivity contribution is -0.114. The predicted molar refractivity (Wildman–Crippen MR) is 47.9 cm³/mol. The van der Waals surface area contributed by atoms with Crippen LogP contribution in [0.4, 0.5) is 0 Å². The molecule has 0 spiro atoms. The number of carbonyl (C=O) groups is 1. The molecule has 0 saturated heterocycles. The van der Waals surface area contributed by atoms with Gasteiger partial charge in [0.15, 0.2) is 0 Å². The van der Waals surface area contributed by atoms with Gasteiger partial charge in [-0.3, -0.25) is 4.79 Å². The van der Waals surface area contributed by atoms with Crippen LogP contribution in [0, 0.1) is 0 Å². The number of rotatable bonds is 0. The number of halogens is 1. The van der Waals surface area contributed by atoms with Crippen molar-refractivity contribution in [1.82, 2.24) is 0 Å². The fraction of sp³-hybridized carbons (Fsp3) is 0.125. The number of nitrogens with zero attached hydrogens (tertiary/aromatic N) is 2. The highest BCUT2D eigenvalue weighted by atomic mass is 79.9. The number of allylic oxidation sites excluding steroid dienone is 3. The first-order valence-electron chi connectivity index (χ1n) is 3.47. The van der Waals surface area contributed by atoms with Gasteiger partial charge in [0, 0.05) is 11.1 Å².